The second-order valence-electron chi connectivity index (χ2n) is 6.47. The van der Waals surface area contributed by atoms with E-state index >= 15 is 0 Å². The number of carbonyl (C=O) groups excluding carboxylic acids is 3. The molecule has 11 heteroatoms. The molecular weight excluding hydrogens is 394 g/mol. The molecule has 8 nitrogen and oxygen atoms in total. The molecule has 2 aliphatic heterocycles. The number of carbonyl (C=O) groups is 3. The Morgan fingerprint density at radius 3 is 2.50 bits per heavy atom. The highest BCUT2D eigenvalue weighted by Crippen LogP contribution is 2.31. The zero-order chi connectivity index (χ0) is 20.3. The maximum Gasteiger partial charge on any atom is 0.414 e. The van der Waals surface area contributed by atoms with Gasteiger partial charge in [0.25, 0.3) is 0 Å². The molecule has 1 aromatic rings. The standard InChI is InChI=1S/C17H20F2N4O4S/c1-11(25)20-28-9-13-8-23(17(26)27-13)12-6-14(18)16(15(19)7-12)22-4-2-21(10-24)3-5-22/h6-7,10,13H,2-5,8-9H2,1H3,(H,20,25)/t13-/m0/s1. The summed E-state index contributed by atoms with van der Waals surface area (Å²) in [5, 5.41) is 0. The molecule has 3 rings (SSSR count). The van der Waals surface area contributed by atoms with Gasteiger partial charge in [-0.2, -0.15) is 0 Å². The van der Waals surface area contributed by atoms with Gasteiger partial charge in [0.05, 0.1) is 18.0 Å². The van der Waals surface area contributed by atoms with Gasteiger partial charge in [0.15, 0.2) is 11.6 Å². The number of anilines is 2. The Morgan fingerprint density at radius 2 is 1.93 bits per heavy atom. The lowest BCUT2D eigenvalue weighted by Crippen LogP contribution is -2.46. The number of hydrogen-bond donors (Lipinski definition) is 1. The van der Waals surface area contributed by atoms with Crippen molar-refractivity contribution in [1.29, 1.82) is 0 Å². The van der Waals surface area contributed by atoms with Gasteiger partial charge < -0.3 is 19.3 Å². The number of cyclic esters (lactones) is 1. The van der Waals surface area contributed by atoms with E-state index < -0.39 is 23.8 Å². The maximum atomic E-state index is 14.6. The molecule has 2 heterocycles. The maximum absolute atomic E-state index is 14.6. The van der Waals surface area contributed by atoms with E-state index in [0.717, 1.165) is 24.1 Å². The largest absolute Gasteiger partial charge is 0.443 e. The van der Waals surface area contributed by atoms with Crippen LogP contribution in [0.5, 0.6) is 0 Å². The predicted octanol–water partition coefficient (Wildman–Crippen LogP) is 1.35. The van der Waals surface area contributed by atoms with Gasteiger partial charge in [-0.15, -0.1) is 0 Å². The van der Waals surface area contributed by atoms with E-state index in [1.165, 1.54) is 11.8 Å². The average molecular weight is 414 g/mol. The second kappa shape index (κ2) is 8.63. The fraction of sp³-hybridized carbons (Fsp3) is 0.471. The highest BCUT2D eigenvalue weighted by Gasteiger charge is 2.34. The number of nitrogens with zero attached hydrogens (tertiary/aromatic N) is 3. The smallest absolute Gasteiger partial charge is 0.414 e. The molecule has 2 fully saturated rings. The Labute approximate surface area is 164 Å². The van der Waals surface area contributed by atoms with E-state index in [9.17, 15) is 23.2 Å². The summed E-state index contributed by atoms with van der Waals surface area (Å²) < 4.78 is 37.0. The van der Waals surface area contributed by atoms with Crippen molar-refractivity contribution >= 4 is 41.7 Å². The van der Waals surface area contributed by atoms with Crippen molar-refractivity contribution in [3.8, 4) is 0 Å². The molecule has 0 saturated carbocycles. The minimum Gasteiger partial charge on any atom is -0.443 e. The predicted molar refractivity (Wildman–Crippen MR) is 100 cm³/mol. The Morgan fingerprint density at radius 1 is 1.29 bits per heavy atom. The van der Waals surface area contributed by atoms with Crippen LogP contribution in [-0.4, -0.2) is 67.9 Å². The molecule has 0 aliphatic carbocycles. The molecule has 1 N–H and O–H groups in total. The summed E-state index contributed by atoms with van der Waals surface area (Å²) in [7, 11) is 0. The topological polar surface area (TPSA) is 82.2 Å². The molecule has 28 heavy (non-hydrogen) atoms. The number of hydrogen-bond acceptors (Lipinski definition) is 6. The summed E-state index contributed by atoms with van der Waals surface area (Å²) in [6.07, 6.45) is -0.488. The molecule has 0 unspecified atom stereocenters. The zero-order valence-corrected chi connectivity index (χ0v) is 16.0. The van der Waals surface area contributed by atoms with Crippen LogP contribution in [0.4, 0.5) is 25.0 Å². The molecule has 2 aliphatic rings. The lowest BCUT2D eigenvalue weighted by atomic mass is 10.2. The van der Waals surface area contributed by atoms with Crippen molar-refractivity contribution in [3.63, 3.8) is 0 Å². The van der Waals surface area contributed by atoms with Gasteiger partial charge >= 0.3 is 6.09 Å². The SMILES string of the molecule is CC(=O)NSC[C@@H]1CN(c2cc(F)c(N3CCN(C=O)CC3)c(F)c2)C(=O)O1. The third-order valence-electron chi connectivity index (χ3n) is 4.45. The fourth-order valence-corrected chi connectivity index (χ4v) is 3.76. The molecule has 3 amide bonds. The number of nitrogens with one attached hydrogen (secondary N) is 1. The van der Waals surface area contributed by atoms with Crippen LogP contribution in [-0.2, 0) is 14.3 Å². The lowest BCUT2D eigenvalue weighted by Gasteiger charge is -2.34. The second-order valence-corrected chi connectivity index (χ2v) is 7.30. The minimum absolute atomic E-state index is 0.0716. The van der Waals surface area contributed by atoms with Gasteiger partial charge in [0.1, 0.15) is 11.8 Å². The average Bonchev–Trinajstić information content (AvgIpc) is 3.02. The number of benzene rings is 1. The Bertz CT molecular complexity index is 751. The summed E-state index contributed by atoms with van der Waals surface area (Å²) in [5.74, 6) is -1.46. The van der Waals surface area contributed by atoms with Crippen LogP contribution in [0.15, 0.2) is 12.1 Å². The van der Waals surface area contributed by atoms with Crippen molar-refractivity contribution in [2.24, 2.45) is 0 Å². The quantitative estimate of drug-likeness (QED) is 0.559. The number of piperazine rings is 1. The number of amides is 3. The van der Waals surface area contributed by atoms with Crippen LogP contribution in [0.3, 0.4) is 0 Å². The number of ether oxygens (including phenoxy) is 1. The third-order valence-corrected chi connectivity index (χ3v) is 5.42. The van der Waals surface area contributed by atoms with Crippen molar-refractivity contribution in [3.05, 3.63) is 23.8 Å². The molecule has 1 atom stereocenters. The minimum atomic E-state index is -0.779. The molecular formula is C17H20F2N4O4S. The first-order valence-electron chi connectivity index (χ1n) is 8.69. The Kier molecular flexibility index (Phi) is 6.22. The van der Waals surface area contributed by atoms with Crippen LogP contribution in [0.2, 0.25) is 0 Å². The summed E-state index contributed by atoms with van der Waals surface area (Å²) in [4.78, 5) is 38.0. The monoisotopic (exact) mass is 414 g/mol. The first-order chi connectivity index (χ1) is 13.4. The van der Waals surface area contributed by atoms with Gasteiger partial charge in [0, 0.05) is 45.2 Å². The molecule has 1 aromatic carbocycles. The number of rotatable bonds is 6. The highest BCUT2D eigenvalue weighted by atomic mass is 32.2. The molecule has 0 bridgehead atoms. The van der Waals surface area contributed by atoms with Gasteiger partial charge in [-0.25, -0.2) is 13.6 Å². The summed E-state index contributed by atoms with van der Waals surface area (Å²) in [6.45, 7) is 2.90. The Hall–Kier alpha value is -2.56. The summed E-state index contributed by atoms with van der Waals surface area (Å²) in [6, 6.07) is 2.21. The van der Waals surface area contributed by atoms with Crippen LogP contribution in [0, 0.1) is 11.6 Å². The first kappa shape index (κ1) is 20.2. The van der Waals surface area contributed by atoms with Crippen molar-refractivity contribution in [1.82, 2.24) is 9.62 Å². The third kappa shape index (κ3) is 4.46. The molecule has 0 radical (unpaired) electrons. The van der Waals surface area contributed by atoms with Gasteiger partial charge in [-0.05, 0) is 11.9 Å². The van der Waals surface area contributed by atoms with Gasteiger partial charge in [0.2, 0.25) is 12.3 Å². The van der Waals surface area contributed by atoms with Crippen LogP contribution in [0.25, 0.3) is 0 Å². The summed E-state index contributed by atoms with van der Waals surface area (Å²) in [5.41, 5.74) is -0.0954. The molecule has 2 saturated heterocycles. The number of halogens is 2. The van der Waals surface area contributed by atoms with Gasteiger partial charge in [-0.3, -0.25) is 14.5 Å². The normalized spacial score (nSPS) is 19.6. The lowest BCUT2D eigenvalue weighted by molar-refractivity contribution is -0.118. The van der Waals surface area contributed by atoms with Crippen molar-refractivity contribution in [2.45, 2.75) is 13.0 Å². The van der Waals surface area contributed by atoms with E-state index in [-0.39, 0.29) is 23.8 Å². The van der Waals surface area contributed by atoms with E-state index in [2.05, 4.69) is 4.72 Å². The fourth-order valence-electron chi connectivity index (χ4n) is 3.12. The summed E-state index contributed by atoms with van der Waals surface area (Å²) >= 11 is 1.10. The molecule has 0 spiro atoms. The van der Waals surface area contributed by atoms with Crippen molar-refractivity contribution in [2.75, 3.05) is 48.3 Å². The van der Waals surface area contributed by atoms with E-state index in [1.54, 1.807) is 9.80 Å². The molecule has 0 aromatic heterocycles. The zero-order valence-electron chi connectivity index (χ0n) is 15.2. The van der Waals surface area contributed by atoms with Crippen LogP contribution >= 0.6 is 11.9 Å². The van der Waals surface area contributed by atoms with E-state index in [4.69, 9.17) is 4.74 Å². The van der Waals surface area contributed by atoms with E-state index in [1.807, 2.05) is 0 Å². The van der Waals surface area contributed by atoms with Gasteiger partial charge in [-0.1, -0.05) is 0 Å². The van der Waals surface area contributed by atoms with Crippen LogP contribution in [0.1, 0.15) is 6.92 Å². The van der Waals surface area contributed by atoms with Crippen LogP contribution < -0.4 is 14.5 Å². The Balaban J connectivity index is 1.69. The van der Waals surface area contributed by atoms with E-state index in [0.29, 0.717) is 38.3 Å². The molecule has 152 valence electrons. The van der Waals surface area contributed by atoms with Crippen molar-refractivity contribution < 1.29 is 27.9 Å². The highest BCUT2D eigenvalue weighted by molar-refractivity contribution is 7.97. The first-order valence-corrected chi connectivity index (χ1v) is 9.67.